The number of aromatic carboxylic acids is 1. The van der Waals surface area contributed by atoms with Gasteiger partial charge >= 0.3 is 5.97 Å². The summed E-state index contributed by atoms with van der Waals surface area (Å²) in [5, 5.41) is 11.6. The van der Waals surface area contributed by atoms with Crippen LogP contribution in [0.15, 0.2) is 22.7 Å². The maximum absolute atomic E-state index is 11.8. The summed E-state index contributed by atoms with van der Waals surface area (Å²) >= 11 is 3.13. The number of halogens is 1. The molecule has 1 amide bonds. The Bertz CT molecular complexity index is 485. The van der Waals surface area contributed by atoms with E-state index in [-0.39, 0.29) is 11.5 Å². The number of rotatable bonds is 4. The van der Waals surface area contributed by atoms with Gasteiger partial charge in [0.15, 0.2) is 0 Å². The average molecular weight is 316 g/mol. The minimum absolute atomic E-state index is 0.0861. The fraction of sp³-hybridized carbons (Fsp3) is 0.333. The zero-order chi connectivity index (χ0) is 13.9. The number of carboxylic acids is 1. The van der Waals surface area contributed by atoms with Gasteiger partial charge in [0.2, 0.25) is 0 Å². The van der Waals surface area contributed by atoms with Crippen LogP contribution in [-0.2, 0) is 9.53 Å². The van der Waals surface area contributed by atoms with Crippen molar-refractivity contribution in [2.45, 2.75) is 19.4 Å². The molecule has 0 bridgehead atoms. The third kappa shape index (κ3) is 3.30. The highest BCUT2D eigenvalue weighted by Gasteiger charge is 2.27. The molecule has 0 saturated carbocycles. The molecular weight excluding hydrogens is 302 g/mol. The lowest BCUT2D eigenvalue weighted by Crippen LogP contribution is -2.38. The fourth-order valence-electron chi connectivity index (χ4n) is 1.14. The van der Waals surface area contributed by atoms with Gasteiger partial charge in [0, 0.05) is 17.3 Å². The lowest BCUT2D eigenvalue weighted by atomic mass is 10.1. The van der Waals surface area contributed by atoms with E-state index in [9.17, 15) is 9.59 Å². The first-order chi connectivity index (χ1) is 8.27. The first kappa shape index (κ1) is 14.7. The standard InChI is InChI=1S/C12H14BrNO4/c1-12(2,18-3)11(17)14-7-4-5-9(13)8(6-7)10(15)16/h4-6H,1-3H3,(H,14,17)(H,15,16). The van der Waals surface area contributed by atoms with E-state index < -0.39 is 11.6 Å². The maximum Gasteiger partial charge on any atom is 0.336 e. The Morgan fingerprint density at radius 1 is 1.39 bits per heavy atom. The van der Waals surface area contributed by atoms with Gasteiger partial charge in [0.05, 0.1) is 5.56 Å². The highest BCUT2D eigenvalue weighted by Crippen LogP contribution is 2.22. The fourth-order valence-corrected chi connectivity index (χ4v) is 1.56. The van der Waals surface area contributed by atoms with E-state index in [1.165, 1.54) is 13.2 Å². The van der Waals surface area contributed by atoms with Crippen LogP contribution in [-0.4, -0.2) is 29.7 Å². The van der Waals surface area contributed by atoms with Crippen LogP contribution in [0.4, 0.5) is 5.69 Å². The Kier molecular flexibility index (Phi) is 4.48. The van der Waals surface area contributed by atoms with Crippen LogP contribution in [0, 0.1) is 0 Å². The second-order valence-electron chi connectivity index (χ2n) is 4.17. The molecule has 0 aliphatic rings. The number of benzene rings is 1. The molecule has 0 radical (unpaired) electrons. The smallest absolute Gasteiger partial charge is 0.336 e. The van der Waals surface area contributed by atoms with Crippen molar-refractivity contribution in [1.29, 1.82) is 0 Å². The summed E-state index contributed by atoms with van der Waals surface area (Å²) in [5.74, 6) is -1.41. The van der Waals surface area contributed by atoms with Gasteiger partial charge in [-0.15, -0.1) is 0 Å². The van der Waals surface area contributed by atoms with E-state index in [4.69, 9.17) is 9.84 Å². The van der Waals surface area contributed by atoms with Crippen LogP contribution in [0.1, 0.15) is 24.2 Å². The number of methoxy groups -OCH3 is 1. The molecule has 6 heteroatoms. The highest BCUT2D eigenvalue weighted by atomic mass is 79.9. The molecule has 98 valence electrons. The minimum atomic E-state index is -1.07. The minimum Gasteiger partial charge on any atom is -0.478 e. The highest BCUT2D eigenvalue weighted by molar-refractivity contribution is 9.10. The Labute approximate surface area is 113 Å². The van der Waals surface area contributed by atoms with Crippen molar-refractivity contribution in [1.82, 2.24) is 0 Å². The van der Waals surface area contributed by atoms with Gasteiger partial charge in [0.1, 0.15) is 5.60 Å². The number of carbonyl (C=O) groups excluding carboxylic acids is 1. The summed E-state index contributed by atoms with van der Waals surface area (Å²) in [6.45, 7) is 3.25. The van der Waals surface area contributed by atoms with Gasteiger partial charge in [-0.3, -0.25) is 4.79 Å². The summed E-state index contributed by atoms with van der Waals surface area (Å²) in [5.41, 5.74) is -0.482. The van der Waals surface area contributed by atoms with Crippen molar-refractivity contribution >= 4 is 33.5 Å². The van der Waals surface area contributed by atoms with Gasteiger partial charge in [-0.05, 0) is 48.0 Å². The number of carbonyl (C=O) groups is 2. The number of hydrogen-bond donors (Lipinski definition) is 2. The quantitative estimate of drug-likeness (QED) is 0.895. The summed E-state index contributed by atoms with van der Waals surface area (Å²) < 4.78 is 5.49. The zero-order valence-electron chi connectivity index (χ0n) is 10.3. The summed E-state index contributed by atoms with van der Waals surface area (Å²) in [6.07, 6.45) is 0. The van der Waals surface area contributed by atoms with Crippen LogP contribution in [0.5, 0.6) is 0 Å². The largest absolute Gasteiger partial charge is 0.478 e. The third-order valence-electron chi connectivity index (χ3n) is 2.51. The van der Waals surface area contributed by atoms with E-state index in [1.54, 1.807) is 26.0 Å². The van der Waals surface area contributed by atoms with Crippen molar-refractivity contribution in [3.8, 4) is 0 Å². The number of nitrogens with one attached hydrogen (secondary N) is 1. The molecular formula is C12H14BrNO4. The van der Waals surface area contributed by atoms with Gasteiger partial charge in [-0.2, -0.15) is 0 Å². The topological polar surface area (TPSA) is 75.6 Å². The molecule has 1 aromatic carbocycles. The molecule has 5 nitrogen and oxygen atoms in total. The van der Waals surface area contributed by atoms with E-state index in [0.717, 1.165) is 0 Å². The van der Waals surface area contributed by atoms with Gasteiger partial charge in [0.25, 0.3) is 5.91 Å². The molecule has 1 rings (SSSR count). The van der Waals surface area contributed by atoms with E-state index in [2.05, 4.69) is 21.2 Å². The van der Waals surface area contributed by atoms with Crippen molar-refractivity contribution < 1.29 is 19.4 Å². The molecule has 0 unspecified atom stereocenters. The van der Waals surface area contributed by atoms with E-state index in [0.29, 0.717) is 10.2 Å². The van der Waals surface area contributed by atoms with Crippen LogP contribution in [0.25, 0.3) is 0 Å². The Morgan fingerprint density at radius 3 is 2.50 bits per heavy atom. The summed E-state index contributed by atoms with van der Waals surface area (Å²) in [7, 11) is 1.43. The first-order valence-electron chi connectivity index (χ1n) is 5.17. The second kappa shape index (κ2) is 5.49. The first-order valence-corrected chi connectivity index (χ1v) is 5.96. The normalized spacial score (nSPS) is 11.1. The van der Waals surface area contributed by atoms with E-state index in [1.807, 2.05) is 0 Å². The van der Waals surface area contributed by atoms with E-state index >= 15 is 0 Å². The van der Waals surface area contributed by atoms with Crippen molar-refractivity contribution in [3.05, 3.63) is 28.2 Å². The van der Waals surface area contributed by atoms with Crippen molar-refractivity contribution in [2.24, 2.45) is 0 Å². The predicted molar refractivity (Wildman–Crippen MR) is 70.8 cm³/mol. The van der Waals surface area contributed by atoms with Crippen LogP contribution >= 0.6 is 15.9 Å². The molecule has 2 N–H and O–H groups in total. The molecule has 0 saturated heterocycles. The number of amides is 1. The maximum atomic E-state index is 11.8. The van der Waals surface area contributed by atoms with Crippen LogP contribution < -0.4 is 5.32 Å². The van der Waals surface area contributed by atoms with Gasteiger partial charge < -0.3 is 15.2 Å². The summed E-state index contributed by atoms with van der Waals surface area (Å²) in [6, 6.07) is 4.56. The number of carboxylic acid groups (broad SMARTS) is 1. The Morgan fingerprint density at radius 2 is 2.00 bits per heavy atom. The van der Waals surface area contributed by atoms with Gasteiger partial charge in [-0.25, -0.2) is 4.79 Å². The lowest BCUT2D eigenvalue weighted by molar-refractivity contribution is -0.133. The summed E-state index contributed by atoms with van der Waals surface area (Å²) in [4.78, 5) is 22.8. The SMILES string of the molecule is COC(C)(C)C(=O)Nc1ccc(Br)c(C(=O)O)c1. The Hall–Kier alpha value is -1.40. The monoisotopic (exact) mass is 315 g/mol. The van der Waals surface area contributed by atoms with Crippen molar-refractivity contribution in [2.75, 3.05) is 12.4 Å². The van der Waals surface area contributed by atoms with Crippen LogP contribution in [0.2, 0.25) is 0 Å². The van der Waals surface area contributed by atoms with Crippen molar-refractivity contribution in [3.63, 3.8) is 0 Å². The number of anilines is 1. The Balaban J connectivity index is 2.96. The molecule has 0 aromatic heterocycles. The molecule has 0 fully saturated rings. The third-order valence-corrected chi connectivity index (χ3v) is 3.20. The molecule has 18 heavy (non-hydrogen) atoms. The number of hydrogen-bond acceptors (Lipinski definition) is 3. The van der Waals surface area contributed by atoms with Gasteiger partial charge in [-0.1, -0.05) is 0 Å². The zero-order valence-corrected chi connectivity index (χ0v) is 11.9. The number of ether oxygens (including phenoxy) is 1. The molecule has 1 aromatic rings. The predicted octanol–water partition coefficient (Wildman–Crippen LogP) is 2.51. The molecule has 0 aliphatic heterocycles. The molecule has 0 atom stereocenters. The lowest BCUT2D eigenvalue weighted by Gasteiger charge is -2.21. The molecule has 0 aliphatic carbocycles. The van der Waals surface area contributed by atoms with Crippen LogP contribution in [0.3, 0.4) is 0 Å². The molecule has 0 heterocycles. The average Bonchev–Trinajstić information content (AvgIpc) is 2.31. The second-order valence-corrected chi connectivity index (χ2v) is 5.02. The molecule has 0 spiro atoms.